The summed E-state index contributed by atoms with van der Waals surface area (Å²) in [4.78, 5) is 12.2. The summed E-state index contributed by atoms with van der Waals surface area (Å²) >= 11 is 1.72. The lowest BCUT2D eigenvalue weighted by Crippen LogP contribution is -2.26. The molecule has 0 saturated heterocycles. The van der Waals surface area contributed by atoms with Crippen molar-refractivity contribution in [1.82, 2.24) is 0 Å². The Morgan fingerprint density at radius 3 is 3.20 bits per heavy atom. The summed E-state index contributed by atoms with van der Waals surface area (Å²) < 4.78 is 10.3. The van der Waals surface area contributed by atoms with Crippen LogP contribution >= 0.6 is 11.8 Å². The zero-order valence-corrected chi connectivity index (χ0v) is 9.25. The van der Waals surface area contributed by atoms with Gasteiger partial charge in [0.2, 0.25) is 0 Å². The topological polar surface area (TPSA) is 35.5 Å². The van der Waals surface area contributed by atoms with Crippen LogP contribution in [0.2, 0.25) is 0 Å². The zero-order valence-electron chi connectivity index (χ0n) is 8.43. The summed E-state index contributed by atoms with van der Waals surface area (Å²) in [7, 11) is 1.40. The first-order valence-corrected chi connectivity index (χ1v) is 5.73. The van der Waals surface area contributed by atoms with Gasteiger partial charge in [0.05, 0.1) is 13.5 Å². The lowest BCUT2D eigenvalue weighted by Gasteiger charge is -2.24. The van der Waals surface area contributed by atoms with Gasteiger partial charge >= 0.3 is 5.97 Å². The number of rotatable bonds is 2. The van der Waals surface area contributed by atoms with Gasteiger partial charge in [-0.05, 0) is 12.1 Å². The van der Waals surface area contributed by atoms with E-state index >= 15 is 0 Å². The van der Waals surface area contributed by atoms with Crippen molar-refractivity contribution in [1.29, 1.82) is 0 Å². The monoisotopic (exact) mass is 224 g/mol. The van der Waals surface area contributed by atoms with Gasteiger partial charge in [-0.1, -0.05) is 12.1 Å². The summed E-state index contributed by atoms with van der Waals surface area (Å²) in [5.74, 6) is 1.44. The van der Waals surface area contributed by atoms with E-state index in [2.05, 4.69) is 4.74 Å². The van der Waals surface area contributed by atoms with Crippen LogP contribution in [0, 0.1) is 0 Å². The minimum Gasteiger partial charge on any atom is -0.488 e. The molecule has 1 heterocycles. The van der Waals surface area contributed by atoms with Gasteiger partial charge in [-0.3, -0.25) is 4.79 Å². The summed E-state index contributed by atoms with van der Waals surface area (Å²) in [6, 6.07) is 7.86. The number of esters is 1. The summed E-state index contributed by atoms with van der Waals surface area (Å²) in [5.41, 5.74) is 0. The molecule has 0 spiro atoms. The van der Waals surface area contributed by atoms with Gasteiger partial charge in [-0.15, -0.1) is 11.8 Å². The third kappa shape index (κ3) is 2.45. The van der Waals surface area contributed by atoms with E-state index in [0.29, 0.717) is 6.42 Å². The van der Waals surface area contributed by atoms with Crippen LogP contribution < -0.4 is 4.74 Å². The van der Waals surface area contributed by atoms with Crippen molar-refractivity contribution in [2.75, 3.05) is 12.9 Å². The molecule has 0 N–H and O–H groups in total. The lowest BCUT2D eigenvalue weighted by atomic mass is 10.2. The molecule has 0 fully saturated rings. The molecule has 1 aliphatic rings. The number of carbonyl (C=O) groups is 1. The normalized spacial score (nSPS) is 18.9. The maximum Gasteiger partial charge on any atom is 0.309 e. The van der Waals surface area contributed by atoms with Gasteiger partial charge in [0.25, 0.3) is 0 Å². The molecule has 0 radical (unpaired) electrons. The molecule has 0 aromatic heterocycles. The first kappa shape index (κ1) is 10.4. The maximum absolute atomic E-state index is 11.1. The molecular weight excluding hydrogens is 212 g/mol. The molecule has 80 valence electrons. The van der Waals surface area contributed by atoms with Crippen molar-refractivity contribution in [3.05, 3.63) is 24.3 Å². The lowest BCUT2D eigenvalue weighted by molar-refractivity contribution is -0.142. The van der Waals surface area contributed by atoms with Crippen LogP contribution in [0.4, 0.5) is 0 Å². The summed E-state index contributed by atoms with van der Waals surface area (Å²) in [5, 5.41) is 0. The first-order valence-electron chi connectivity index (χ1n) is 4.75. The number of ether oxygens (including phenoxy) is 2. The van der Waals surface area contributed by atoms with Crippen LogP contribution in [-0.2, 0) is 9.53 Å². The van der Waals surface area contributed by atoms with Gasteiger partial charge in [0, 0.05) is 10.6 Å². The smallest absolute Gasteiger partial charge is 0.309 e. The van der Waals surface area contributed by atoms with Crippen molar-refractivity contribution in [3.8, 4) is 5.75 Å². The van der Waals surface area contributed by atoms with Gasteiger partial charge in [0.15, 0.2) is 0 Å². The number of fused-ring (bicyclic) bond motifs is 1. The van der Waals surface area contributed by atoms with Gasteiger partial charge in [-0.25, -0.2) is 0 Å². The fourth-order valence-corrected chi connectivity index (χ4v) is 2.42. The molecule has 1 aromatic carbocycles. The largest absolute Gasteiger partial charge is 0.488 e. The van der Waals surface area contributed by atoms with Crippen LogP contribution in [0.25, 0.3) is 0 Å². The Hall–Kier alpha value is -1.16. The molecular formula is C11H12O3S. The molecule has 0 aliphatic carbocycles. The summed E-state index contributed by atoms with van der Waals surface area (Å²) in [6.45, 7) is 0. The van der Waals surface area contributed by atoms with E-state index in [4.69, 9.17) is 4.74 Å². The molecule has 1 atom stereocenters. The predicted molar refractivity (Wildman–Crippen MR) is 58.2 cm³/mol. The highest BCUT2D eigenvalue weighted by molar-refractivity contribution is 7.99. The van der Waals surface area contributed by atoms with Crippen LogP contribution in [0.15, 0.2) is 29.2 Å². The molecule has 0 unspecified atom stereocenters. The SMILES string of the molecule is COC(=O)C[C@@H]1CSc2ccccc2O1. The Balaban J connectivity index is 2.02. The Bertz CT molecular complexity index is 365. The highest BCUT2D eigenvalue weighted by atomic mass is 32.2. The quantitative estimate of drug-likeness (QED) is 0.721. The van der Waals surface area contributed by atoms with Crippen LogP contribution in [0.5, 0.6) is 5.75 Å². The van der Waals surface area contributed by atoms with E-state index in [1.807, 2.05) is 24.3 Å². The van der Waals surface area contributed by atoms with E-state index in [1.165, 1.54) is 7.11 Å². The average molecular weight is 224 g/mol. The van der Waals surface area contributed by atoms with Gasteiger partial charge in [0.1, 0.15) is 11.9 Å². The highest BCUT2D eigenvalue weighted by Gasteiger charge is 2.22. The molecule has 1 aliphatic heterocycles. The molecule has 3 nitrogen and oxygen atoms in total. The van der Waals surface area contributed by atoms with Crippen molar-refractivity contribution < 1.29 is 14.3 Å². The van der Waals surface area contributed by atoms with Crippen molar-refractivity contribution >= 4 is 17.7 Å². The third-order valence-electron chi connectivity index (χ3n) is 2.19. The second kappa shape index (κ2) is 4.57. The zero-order chi connectivity index (χ0) is 10.7. The number of thioether (sulfide) groups is 1. The Morgan fingerprint density at radius 2 is 2.40 bits per heavy atom. The number of benzene rings is 1. The number of hydrogen-bond acceptors (Lipinski definition) is 4. The molecule has 4 heteroatoms. The van der Waals surface area contributed by atoms with Crippen LogP contribution in [-0.4, -0.2) is 24.9 Å². The Labute approximate surface area is 92.8 Å². The fourth-order valence-electron chi connectivity index (χ4n) is 1.43. The molecule has 0 saturated carbocycles. The molecule has 0 amide bonds. The standard InChI is InChI=1S/C11H12O3S/c1-13-11(12)6-8-7-15-10-5-3-2-4-9(10)14-8/h2-5,8H,6-7H2,1H3/t8-/m1/s1. The Kier molecular flexibility index (Phi) is 3.16. The predicted octanol–water partition coefficient (Wildman–Crippen LogP) is 2.10. The number of methoxy groups -OCH3 is 1. The van der Waals surface area contributed by atoms with Gasteiger partial charge < -0.3 is 9.47 Å². The van der Waals surface area contributed by atoms with E-state index in [9.17, 15) is 4.79 Å². The van der Waals surface area contributed by atoms with Crippen LogP contribution in [0.1, 0.15) is 6.42 Å². The fraction of sp³-hybridized carbons (Fsp3) is 0.364. The second-order valence-electron chi connectivity index (χ2n) is 3.28. The van der Waals surface area contributed by atoms with Crippen molar-refractivity contribution in [2.24, 2.45) is 0 Å². The molecule has 15 heavy (non-hydrogen) atoms. The molecule has 0 bridgehead atoms. The highest BCUT2D eigenvalue weighted by Crippen LogP contribution is 2.35. The van der Waals surface area contributed by atoms with E-state index < -0.39 is 0 Å². The second-order valence-corrected chi connectivity index (χ2v) is 4.34. The maximum atomic E-state index is 11.1. The van der Waals surface area contributed by atoms with Crippen LogP contribution in [0.3, 0.4) is 0 Å². The average Bonchev–Trinajstić information content (AvgIpc) is 2.29. The van der Waals surface area contributed by atoms with E-state index in [1.54, 1.807) is 11.8 Å². The minimum atomic E-state index is -0.222. The number of para-hydroxylation sites is 1. The Morgan fingerprint density at radius 1 is 1.60 bits per heavy atom. The summed E-state index contributed by atoms with van der Waals surface area (Å²) in [6.07, 6.45) is 0.245. The molecule has 1 aromatic rings. The minimum absolute atomic E-state index is 0.0719. The van der Waals surface area contributed by atoms with Crippen molar-refractivity contribution in [2.45, 2.75) is 17.4 Å². The third-order valence-corrected chi connectivity index (χ3v) is 3.38. The number of carbonyl (C=O) groups excluding carboxylic acids is 1. The van der Waals surface area contributed by atoms with Crippen molar-refractivity contribution in [3.63, 3.8) is 0 Å². The first-order chi connectivity index (χ1) is 7.29. The van der Waals surface area contributed by atoms with E-state index in [0.717, 1.165) is 16.4 Å². The van der Waals surface area contributed by atoms with Gasteiger partial charge in [-0.2, -0.15) is 0 Å². The number of hydrogen-bond donors (Lipinski definition) is 0. The van der Waals surface area contributed by atoms with E-state index in [-0.39, 0.29) is 12.1 Å². The molecule has 2 rings (SSSR count).